The van der Waals surface area contributed by atoms with Gasteiger partial charge in [-0.2, -0.15) is 5.26 Å². The number of esters is 1. The van der Waals surface area contributed by atoms with Gasteiger partial charge in [0.25, 0.3) is 6.43 Å². The molecular weight excluding hydrogens is 344 g/mol. The van der Waals surface area contributed by atoms with Gasteiger partial charge in [-0.15, -0.1) is 0 Å². The molecule has 1 aromatic heterocycles. The summed E-state index contributed by atoms with van der Waals surface area (Å²) in [6.45, 7) is -0.790. The number of hydrogen-bond donors (Lipinski definition) is 1. The van der Waals surface area contributed by atoms with Crippen molar-refractivity contribution in [3.63, 3.8) is 0 Å². The van der Waals surface area contributed by atoms with E-state index in [0.717, 1.165) is 0 Å². The van der Waals surface area contributed by atoms with E-state index >= 15 is 0 Å². The molecule has 0 spiro atoms. The van der Waals surface area contributed by atoms with Gasteiger partial charge in [0, 0.05) is 11.9 Å². The van der Waals surface area contributed by atoms with E-state index in [2.05, 4.69) is 4.74 Å². The van der Waals surface area contributed by atoms with Gasteiger partial charge in [0.15, 0.2) is 5.69 Å². The molecule has 2 rings (SSSR count). The van der Waals surface area contributed by atoms with Crippen LogP contribution in [0.3, 0.4) is 0 Å². The Bertz CT molecular complexity index is 815. The SMILES string of the molecule is COC(=O)c1c(N)c(C#N)cn1-c1ccc(OCC(F)F)c(Cl)c1. The molecule has 0 aliphatic heterocycles. The van der Waals surface area contributed by atoms with Crippen molar-refractivity contribution in [3.8, 4) is 17.5 Å². The average molecular weight is 356 g/mol. The van der Waals surface area contributed by atoms with E-state index < -0.39 is 19.0 Å². The lowest BCUT2D eigenvalue weighted by atomic mass is 10.2. The third kappa shape index (κ3) is 3.41. The van der Waals surface area contributed by atoms with Crippen LogP contribution in [0.15, 0.2) is 24.4 Å². The number of nitrogen functional groups attached to an aromatic ring is 1. The maximum absolute atomic E-state index is 12.2. The topological polar surface area (TPSA) is 90.3 Å². The number of halogens is 3. The Labute approximate surface area is 140 Å². The molecule has 0 aliphatic rings. The molecule has 0 fully saturated rings. The maximum atomic E-state index is 12.2. The van der Waals surface area contributed by atoms with Crippen LogP contribution >= 0.6 is 11.6 Å². The first-order valence-electron chi connectivity index (χ1n) is 6.59. The Balaban J connectivity index is 2.47. The number of nitrogens with zero attached hydrogens (tertiary/aromatic N) is 2. The highest BCUT2D eigenvalue weighted by Crippen LogP contribution is 2.30. The number of nitriles is 1. The molecule has 0 bridgehead atoms. The van der Waals surface area contributed by atoms with Crippen molar-refractivity contribution < 1.29 is 23.0 Å². The van der Waals surface area contributed by atoms with Gasteiger partial charge in [0.2, 0.25) is 0 Å². The molecule has 9 heteroatoms. The van der Waals surface area contributed by atoms with E-state index in [-0.39, 0.29) is 27.7 Å². The Kier molecular flexibility index (Phi) is 5.26. The number of anilines is 1. The van der Waals surface area contributed by atoms with Crippen LogP contribution in [0, 0.1) is 11.3 Å². The summed E-state index contributed by atoms with van der Waals surface area (Å²) in [7, 11) is 1.18. The van der Waals surface area contributed by atoms with Gasteiger partial charge in [0.05, 0.1) is 23.4 Å². The summed E-state index contributed by atoms with van der Waals surface area (Å²) in [4.78, 5) is 11.9. The molecule has 1 aromatic carbocycles. The van der Waals surface area contributed by atoms with Crippen LogP contribution in [0.25, 0.3) is 5.69 Å². The van der Waals surface area contributed by atoms with Crippen LogP contribution in [0.5, 0.6) is 5.75 Å². The lowest BCUT2D eigenvalue weighted by Crippen LogP contribution is -2.11. The van der Waals surface area contributed by atoms with Crippen molar-refractivity contribution in [2.24, 2.45) is 0 Å². The van der Waals surface area contributed by atoms with Crippen LogP contribution in [0.4, 0.5) is 14.5 Å². The predicted octanol–water partition coefficient (Wildman–Crippen LogP) is 3.02. The van der Waals surface area contributed by atoms with Crippen molar-refractivity contribution in [2.45, 2.75) is 6.43 Å². The van der Waals surface area contributed by atoms with Crippen molar-refractivity contribution in [2.75, 3.05) is 19.5 Å². The van der Waals surface area contributed by atoms with Crippen LogP contribution in [0.1, 0.15) is 16.1 Å². The third-order valence-electron chi connectivity index (χ3n) is 3.10. The minimum atomic E-state index is -2.63. The van der Waals surface area contributed by atoms with Crippen molar-refractivity contribution >= 4 is 23.3 Å². The highest BCUT2D eigenvalue weighted by Gasteiger charge is 2.22. The zero-order chi connectivity index (χ0) is 17.9. The Hall–Kier alpha value is -2.79. The molecule has 0 aliphatic carbocycles. The second kappa shape index (κ2) is 7.19. The van der Waals surface area contributed by atoms with Crippen molar-refractivity contribution in [1.29, 1.82) is 5.26 Å². The molecule has 0 unspecified atom stereocenters. The first-order valence-corrected chi connectivity index (χ1v) is 6.97. The number of hydrogen-bond acceptors (Lipinski definition) is 5. The van der Waals surface area contributed by atoms with Crippen LogP contribution in [0.2, 0.25) is 5.02 Å². The number of carbonyl (C=O) groups is 1. The fourth-order valence-corrected chi connectivity index (χ4v) is 2.26. The van der Waals surface area contributed by atoms with E-state index in [4.69, 9.17) is 27.3 Å². The van der Waals surface area contributed by atoms with Crippen LogP contribution < -0.4 is 10.5 Å². The number of methoxy groups -OCH3 is 1. The van der Waals surface area contributed by atoms with Crippen LogP contribution in [-0.2, 0) is 4.74 Å². The fraction of sp³-hybridized carbons (Fsp3) is 0.200. The Morgan fingerprint density at radius 3 is 2.75 bits per heavy atom. The fourth-order valence-electron chi connectivity index (χ4n) is 2.03. The highest BCUT2D eigenvalue weighted by atomic mass is 35.5. The molecule has 2 N–H and O–H groups in total. The second-order valence-electron chi connectivity index (χ2n) is 4.60. The van der Waals surface area contributed by atoms with E-state index in [1.807, 2.05) is 6.07 Å². The van der Waals surface area contributed by atoms with Gasteiger partial charge in [0.1, 0.15) is 18.4 Å². The molecule has 2 aromatic rings. The monoisotopic (exact) mass is 355 g/mol. The highest BCUT2D eigenvalue weighted by molar-refractivity contribution is 6.32. The van der Waals surface area contributed by atoms with Crippen LogP contribution in [-0.4, -0.2) is 30.7 Å². The summed E-state index contributed by atoms with van der Waals surface area (Å²) >= 11 is 6.01. The summed E-state index contributed by atoms with van der Waals surface area (Å²) in [6, 6.07) is 6.13. The van der Waals surface area contributed by atoms with Gasteiger partial charge < -0.3 is 19.8 Å². The van der Waals surface area contributed by atoms with Gasteiger partial charge >= 0.3 is 5.97 Å². The number of carbonyl (C=O) groups excluding carboxylic acids is 1. The number of alkyl halides is 2. The molecular formula is C15H12ClF2N3O3. The van der Waals surface area contributed by atoms with E-state index in [9.17, 15) is 13.6 Å². The largest absolute Gasteiger partial charge is 0.486 e. The van der Waals surface area contributed by atoms with E-state index in [1.54, 1.807) is 0 Å². The first-order chi connectivity index (χ1) is 11.4. The number of aromatic nitrogens is 1. The number of rotatable bonds is 5. The molecule has 0 amide bonds. The summed E-state index contributed by atoms with van der Waals surface area (Å²) in [5.41, 5.74) is 6.20. The summed E-state index contributed by atoms with van der Waals surface area (Å²) < 4.78 is 35.3. The molecule has 0 saturated carbocycles. The molecule has 1 heterocycles. The number of nitrogens with two attached hydrogens (primary N) is 1. The van der Waals surface area contributed by atoms with Crippen molar-refractivity contribution in [3.05, 3.63) is 40.7 Å². The standard InChI is InChI=1S/C15H12ClF2N3O3/c1-23-15(22)14-13(20)8(5-19)6-21(14)9-2-3-11(10(16)4-9)24-7-12(17)18/h2-4,6,12H,7,20H2,1H3. The smallest absolute Gasteiger partial charge is 0.357 e. The molecule has 6 nitrogen and oxygen atoms in total. The Morgan fingerprint density at radius 1 is 1.50 bits per heavy atom. The summed E-state index contributed by atoms with van der Waals surface area (Å²) in [5, 5.41) is 9.13. The molecule has 0 saturated heterocycles. The van der Waals surface area contributed by atoms with E-state index in [0.29, 0.717) is 5.69 Å². The average Bonchev–Trinajstić information content (AvgIpc) is 2.89. The normalized spacial score (nSPS) is 10.5. The lowest BCUT2D eigenvalue weighted by Gasteiger charge is -2.12. The maximum Gasteiger partial charge on any atom is 0.357 e. The molecule has 126 valence electrons. The number of ether oxygens (including phenoxy) is 2. The zero-order valence-electron chi connectivity index (χ0n) is 12.4. The summed E-state index contributed by atoms with van der Waals surface area (Å²) in [5.74, 6) is -0.663. The van der Waals surface area contributed by atoms with Gasteiger partial charge in [-0.1, -0.05) is 11.6 Å². The van der Waals surface area contributed by atoms with Crippen molar-refractivity contribution in [1.82, 2.24) is 4.57 Å². The zero-order valence-corrected chi connectivity index (χ0v) is 13.2. The lowest BCUT2D eigenvalue weighted by molar-refractivity contribution is 0.0593. The minimum absolute atomic E-state index is 0.0292. The molecule has 24 heavy (non-hydrogen) atoms. The summed E-state index contributed by atoms with van der Waals surface area (Å²) in [6.07, 6.45) is -1.28. The third-order valence-corrected chi connectivity index (χ3v) is 3.40. The second-order valence-corrected chi connectivity index (χ2v) is 5.00. The van der Waals surface area contributed by atoms with E-state index in [1.165, 1.54) is 36.1 Å². The Morgan fingerprint density at radius 2 is 2.21 bits per heavy atom. The quantitative estimate of drug-likeness (QED) is 0.832. The minimum Gasteiger partial charge on any atom is -0.486 e. The van der Waals surface area contributed by atoms with Gasteiger partial charge in [-0.25, -0.2) is 13.6 Å². The molecule has 0 atom stereocenters. The van der Waals surface area contributed by atoms with Gasteiger partial charge in [-0.05, 0) is 18.2 Å². The van der Waals surface area contributed by atoms with Gasteiger partial charge in [-0.3, -0.25) is 0 Å². The number of benzene rings is 1. The molecule has 0 radical (unpaired) electrons. The predicted molar refractivity (Wildman–Crippen MR) is 82.7 cm³/mol. The first kappa shape index (κ1) is 17.6.